The molecular weight excluding hydrogens is 722 g/mol. The molecule has 3 heterocycles. The molecule has 0 saturated carbocycles. The van der Waals surface area contributed by atoms with Gasteiger partial charge >= 0.3 is 49.4 Å². The van der Waals surface area contributed by atoms with Crippen LogP contribution in [0.3, 0.4) is 0 Å². The van der Waals surface area contributed by atoms with Gasteiger partial charge in [0.1, 0.15) is 35.5 Å². The fourth-order valence-electron chi connectivity index (χ4n) is 6.50. The van der Waals surface area contributed by atoms with Crippen molar-refractivity contribution < 1.29 is 91.5 Å². The van der Waals surface area contributed by atoms with Crippen molar-refractivity contribution >= 4 is 25.7 Å². The van der Waals surface area contributed by atoms with Gasteiger partial charge in [-0.15, -0.1) is 0 Å². The molecule has 278 valence electrons. The largest absolute Gasteiger partial charge is 1.00 e. The van der Waals surface area contributed by atoms with Crippen LogP contribution in [-0.4, -0.2) is 97.4 Å². The van der Waals surface area contributed by atoms with E-state index in [0.29, 0.717) is 11.5 Å². The van der Waals surface area contributed by atoms with E-state index < -0.39 is 74.5 Å². The van der Waals surface area contributed by atoms with Gasteiger partial charge in [0.05, 0.1) is 40.0 Å². The zero-order valence-electron chi connectivity index (χ0n) is 29.7. The molecule has 17 heteroatoms. The average Bonchev–Trinajstić information content (AvgIpc) is 3.69. The van der Waals surface area contributed by atoms with Crippen molar-refractivity contribution in [2.24, 2.45) is 10.9 Å². The zero-order chi connectivity index (χ0) is 37.0. The van der Waals surface area contributed by atoms with Crippen LogP contribution in [0.5, 0.6) is 11.5 Å². The number of hydrogen-bond donors (Lipinski definition) is 2. The molecule has 3 aliphatic heterocycles. The van der Waals surface area contributed by atoms with Crippen LogP contribution in [0, 0.1) is 5.92 Å². The molecule has 0 spiro atoms. The molecule has 7 atom stereocenters. The van der Waals surface area contributed by atoms with Gasteiger partial charge in [0, 0.05) is 18.9 Å². The van der Waals surface area contributed by atoms with Crippen molar-refractivity contribution in [3.63, 3.8) is 0 Å². The monoisotopic (exact) mass is 762 g/mol. The van der Waals surface area contributed by atoms with Gasteiger partial charge in [-0.3, -0.25) is 18.7 Å². The molecule has 2 amide bonds. The number of aliphatic hydroxyl groups is 1. The number of phosphoric ester groups is 1. The Bertz CT molecular complexity index is 1750. The standard InChI is InChI=1S/C36H41N2O13P.Na/c1-22-19-38(35(42)37-34(22)41)32-17-28(39)30(49-32)21-48-52(43,44)51-29-18-33(40)50-31(29)20-47-36(23-7-5-4-6-8-23,24-9-13-26(45-2)14-10-24)25-11-15-27(46-3)16-12-25;/h4-16,22,28-32,39H,17-21H2,1-3H3,(H,43,44)(H,37,41,42);/q;+1/p-1/t22?,28-,29-,30+,31+,32+;/m0./s1. The Kier molecular flexibility index (Phi) is 13.4. The SMILES string of the molecule is COc1ccc(C(OC[C@H]2OC(=O)C[C@@H]2OP(=O)(O)OC[C@H]2O[C@@H](N3CC(C)C([O-])=NC3=O)C[C@@H]2O)(c2ccccc2)c2ccc(OC)cc2)cc1.[Na+]. The maximum Gasteiger partial charge on any atom is 1.00 e. The summed E-state index contributed by atoms with van der Waals surface area (Å²) in [7, 11) is -1.74. The number of ether oxygens (including phenoxy) is 5. The number of aliphatic imine (C=N–C) groups is 1. The number of aliphatic hydroxyl groups excluding tert-OH is 1. The van der Waals surface area contributed by atoms with Crippen LogP contribution in [0.4, 0.5) is 4.79 Å². The Labute approximate surface area is 328 Å². The van der Waals surface area contributed by atoms with Crippen molar-refractivity contribution in [1.29, 1.82) is 0 Å². The second-order valence-electron chi connectivity index (χ2n) is 12.7. The van der Waals surface area contributed by atoms with E-state index in [0.717, 1.165) is 16.7 Å². The van der Waals surface area contributed by atoms with Crippen LogP contribution in [0.1, 0.15) is 36.5 Å². The minimum atomic E-state index is -4.87. The van der Waals surface area contributed by atoms with E-state index in [1.54, 1.807) is 45.4 Å². The third-order valence-electron chi connectivity index (χ3n) is 9.27. The molecule has 0 aromatic heterocycles. The van der Waals surface area contributed by atoms with Crippen LogP contribution < -0.4 is 44.1 Å². The summed E-state index contributed by atoms with van der Waals surface area (Å²) >= 11 is 0. The van der Waals surface area contributed by atoms with Crippen molar-refractivity contribution in [2.45, 2.75) is 56.0 Å². The Morgan fingerprint density at radius 3 is 2.09 bits per heavy atom. The number of amides is 2. The Morgan fingerprint density at radius 2 is 1.51 bits per heavy atom. The number of nitrogens with zero attached hydrogens (tertiary/aromatic N) is 2. The summed E-state index contributed by atoms with van der Waals surface area (Å²) in [6, 6.07) is 23.3. The molecule has 3 aliphatic rings. The van der Waals surface area contributed by atoms with Crippen molar-refractivity contribution in [1.82, 2.24) is 4.90 Å². The van der Waals surface area contributed by atoms with E-state index in [-0.39, 0.29) is 55.6 Å². The zero-order valence-corrected chi connectivity index (χ0v) is 32.6. The minimum absolute atomic E-state index is 0. The van der Waals surface area contributed by atoms with Gasteiger partial charge in [-0.2, -0.15) is 0 Å². The maximum atomic E-state index is 13.2. The van der Waals surface area contributed by atoms with E-state index in [2.05, 4.69) is 4.99 Å². The molecule has 0 aliphatic carbocycles. The molecule has 0 bridgehead atoms. The quantitative estimate of drug-likeness (QED) is 0.0976. The minimum Gasteiger partial charge on any atom is -0.861 e. The molecule has 3 aromatic rings. The summed E-state index contributed by atoms with van der Waals surface area (Å²) in [6.07, 6.45) is -5.92. The topological polar surface area (TPSA) is 195 Å². The first-order valence-corrected chi connectivity index (χ1v) is 18.2. The third-order valence-corrected chi connectivity index (χ3v) is 10.3. The first-order valence-electron chi connectivity index (χ1n) is 16.7. The average molecular weight is 763 g/mol. The number of methoxy groups -OCH3 is 2. The fourth-order valence-corrected chi connectivity index (χ4v) is 7.45. The molecule has 2 unspecified atom stereocenters. The fraction of sp³-hybridized carbons (Fsp3) is 0.417. The van der Waals surface area contributed by atoms with Gasteiger partial charge in [-0.05, 0) is 46.9 Å². The van der Waals surface area contributed by atoms with Crippen LogP contribution in [0.2, 0.25) is 0 Å². The number of urea groups is 1. The van der Waals surface area contributed by atoms with E-state index in [4.69, 9.17) is 32.7 Å². The molecule has 15 nitrogen and oxygen atoms in total. The number of phosphoric acid groups is 1. The van der Waals surface area contributed by atoms with E-state index in [9.17, 15) is 29.3 Å². The van der Waals surface area contributed by atoms with Crippen molar-refractivity contribution in [3.05, 3.63) is 95.6 Å². The Hall–Kier alpha value is -3.34. The molecule has 6 rings (SSSR count). The maximum absolute atomic E-state index is 13.2. The number of esters is 1. The second kappa shape index (κ2) is 17.4. The van der Waals surface area contributed by atoms with Crippen LogP contribution in [-0.2, 0) is 38.2 Å². The molecule has 2 fully saturated rings. The summed E-state index contributed by atoms with van der Waals surface area (Å²) in [6.45, 7) is 0.834. The number of carbonyl (C=O) groups excluding carboxylic acids is 2. The predicted molar refractivity (Wildman–Crippen MR) is 181 cm³/mol. The molecule has 0 radical (unpaired) electrons. The number of rotatable bonds is 14. The Balaban J connectivity index is 0.00000541. The molecular formula is C36H40N2NaO13P. The normalized spacial score (nSPS) is 25.6. The second-order valence-corrected chi connectivity index (χ2v) is 14.1. The first-order chi connectivity index (χ1) is 24.9. The summed E-state index contributed by atoms with van der Waals surface area (Å²) in [5.74, 6) is -0.490. The third kappa shape index (κ3) is 9.14. The summed E-state index contributed by atoms with van der Waals surface area (Å²) < 4.78 is 52.8. The number of benzene rings is 3. The molecule has 3 aromatic carbocycles. The number of cyclic esters (lactones) is 1. The predicted octanol–water partition coefficient (Wildman–Crippen LogP) is 0.140. The van der Waals surface area contributed by atoms with E-state index in [1.165, 1.54) is 4.90 Å². The number of carbonyl (C=O) groups is 2. The van der Waals surface area contributed by atoms with Gasteiger partial charge in [0.2, 0.25) is 0 Å². The number of hydrogen-bond acceptors (Lipinski definition) is 12. The Morgan fingerprint density at radius 1 is 0.925 bits per heavy atom. The smallest absolute Gasteiger partial charge is 0.861 e. The summed E-state index contributed by atoms with van der Waals surface area (Å²) in [5, 5.41) is 22.4. The van der Waals surface area contributed by atoms with Gasteiger partial charge in [0.15, 0.2) is 6.10 Å². The van der Waals surface area contributed by atoms with Crippen LogP contribution >= 0.6 is 7.82 Å². The van der Waals surface area contributed by atoms with Crippen LogP contribution in [0.25, 0.3) is 0 Å². The van der Waals surface area contributed by atoms with Crippen molar-refractivity contribution in [2.75, 3.05) is 34.0 Å². The van der Waals surface area contributed by atoms with Crippen LogP contribution in [0.15, 0.2) is 83.9 Å². The van der Waals surface area contributed by atoms with Gasteiger partial charge in [-0.1, -0.05) is 61.5 Å². The van der Waals surface area contributed by atoms with E-state index in [1.807, 2.05) is 54.6 Å². The summed E-state index contributed by atoms with van der Waals surface area (Å²) in [4.78, 5) is 40.3. The molecule has 53 heavy (non-hydrogen) atoms. The molecule has 2 N–H and O–H groups in total. The van der Waals surface area contributed by atoms with Gasteiger partial charge in [0.25, 0.3) is 0 Å². The van der Waals surface area contributed by atoms with E-state index >= 15 is 0 Å². The molecule has 2 saturated heterocycles. The first kappa shape index (κ1) is 40.8. The van der Waals surface area contributed by atoms with Crippen molar-refractivity contribution in [3.8, 4) is 11.5 Å². The summed E-state index contributed by atoms with van der Waals surface area (Å²) in [5.41, 5.74) is 0.922. The van der Waals surface area contributed by atoms with Gasteiger partial charge in [-0.25, -0.2) is 14.4 Å². The van der Waals surface area contributed by atoms with Gasteiger partial charge < -0.3 is 38.8 Å².